The van der Waals surface area contributed by atoms with Crippen molar-refractivity contribution in [3.63, 3.8) is 0 Å². The SMILES string of the molecule is N#Cc1cc(F)cc(OCC(O)Cn2c(=N)n(Cc3ccccc3)c3ccccc32)c1. The van der Waals surface area contributed by atoms with Gasteiger partial charge in [0, 0.05) is 6.07 Å². The van der Waals surface area contributed by atoms with E-state index in [4.69, 9.17) is 15.4 Å². The molecule has 0 radical (unpaired) electrons. The molecule has 1 aromatic heterocycles. The van der Waals surface area contributed by atoms with Crippen LogP contribution >= 0.6 is 0 Å². The molecule has 0 amide bonds. The molecule has 0 bridgehead atoms. The van der Waals surface area contributed by atoms with E-state index in [0.29, 0.717) is 6.54 Å². The summed E-state index contributed by atoms with van der Waals surface area (Å²) >= 11 is 0. The van der Waals surface area contributed by atoms with Crippen LogP contribution in [-0.2, 0) is 13.1 Å². The zero-order valence-corrected chi connectivity index (χ0v) is 16.7. The normalized spacial score (nSPS) is 11.9. The third-order valence-corrected chi connectivity index (χ3v) is 4.99. The number of aromatic nitrogens is 2. The third kappa shape index (κ3) is 4.49. The Balaban J connectivity index is 1.56. The fraction of sp³-hybridized carbons (Fsp3) is 0.167. The zero-order valence-electron chi connectivity index (χ0n) is 16.7. The van der Waals surface area contributed by atoms with E-state index in [9.17, 15) is 9.50 Å². The van der Waals surface area contributed by atoms with Crippen LogP contribution in [-0.4, -0.2) is 27.0 Å². The molecule has 3 aromatic carbocycles. The molecule has 0 aliphatic rings. The van der Waals surface area contributed by atoms with Crippen molar-refractivity contribution in [3.8, 4) is 11.8 Å². The standard InChI is InChI=1S/C24H21FN4O2/c25-19-10-18(13-26)11-21(12-19)31-16-20(30)15-29-23-9-5-4-8-22(23)28(24(29)27)14-17-6-2-1-3-7-17/h1-12,20,27,30H,14-16H2. The quantitative estimate of drug-likeness (QED) is 0.484. The highest BCUT2D eigenvalue weighted by Gasteiger charge is 2.15. The first-order chi connectivity index (χ1) is 15.0. The number of aliphatic hydroxyl groups is 1. The van der Waals surface area contributed by atoms with E-state index in [0.717, 1.165) is 22.7 Å². The monoisotopic (exact) mass is 416 g/mol. The van der Waals surface area contributed by atoms with E-state index < -0.39 is 11.9 Å². The van der Waals surface area contributed by atoms with Crippen molar-refractivity contribution in [2.45, 2.75) is 19.2 Å². The second-order valence-electron chi connectivity index (χ2n) is 7.25. The van der Waals surface area contributed by atoms with Gasteiger partial charge in [0.15, 0.2) is 0 Å². The van der Waals surface area contributed by atoms with Crippen molar-refractivity contribution in [3.05, 3.63) is 95.4 Å². The smallest absolute Gasteiger partial charge is 0.203 e. The van der Waals surface area contributed by atoms with Gasteiger partial charge in [0.1, 0.15) is 24.3 Å². The number of benzene rings is 3. The Morgan fingerprint density at radius 2 is 1.68 bits per heavy atom. The number of hydrogen-bond donors (Lipinski definition) is 2. The molecule has 156 valence electrons. The molecular weight excluding hydrogens is 395 g/mol. The third-order valence-electron chi connectivity index (χ3n) is 4.99. The minimum Gasteiger partial charge on any atom is -0.491 e. The molecule has 7 heteroatoms. The molecule has 31 heavy (non-hydrogen) atoms. The predicted octanol–water partition coefficient (Wildman–Crippen LogP) is 3.42. The van der Waals surface area contributed by atoms with Crippen LogP contribution in [0, 0.1) is 22.6 Å². The second-order valence-corrected chi connectivity index (χ2v) is 7.25. The van der Waals surface area contributed by atoms with E-state index >= 15 is 0 Å². The van der Waals surface area contributed by atoms with Crippen LogP contribution in [0.2, 0.25) is 0 Å². The van der Waals surface area contributed by atoms with Gasteiger partial charge >= 0.3 is 0 Å². The summed E-state index contributed by atoms with van der Waals surface area (Å²) in [6, 6.07) is 23.2. The Kier molecular flexibility index (Phi) is 5.83. The highest BCUT2D eigenvalue weighted by atomic mass is 19.1. The number of rotatable bonds is 7. The number of nitrogens with zero attached hydrogens (tertiary/aromatic N) is 3. The van der Waals surface area contributed by atoms with Gasteiger partial charge in [-0.15, -0.1) is 0 Å². The summed E-state index contributed by atoms with van der Waals surface area (Å²) in [5.41, 5.74) is 3.22. The van der Waals surface area contributed by atoms with Gasteiger partial charge in [-0.2, -0.15) is 5.26 Å². The summed E-state index contributed by atoms with van der Waals surface area (Å²) in [5.74, 6) is -0.395. The van der Waals surface area contributed by atoms with Crippen LogP contribution < -0.4 is 10.4 Å². The van der Waals surface area contributed by atoms with Gasteiger partial charge < -0.3 is 19.0 Å². The van der Waals surface area contributed by atoms with Crippen molar-refractivity contribution in [2.75, 3.05) is 6.61 Å². The molecule has 1 unspecified atom stereocenters. The number of para-hydroxylation sites is 2. The van der Waals surface area contributed by atoms with E-state index in [-0.39, 0.29) is 30.1 Å². The molecule has 0 saturated heterocycles. The van der Waals surface area contributed by atoms with E-state index in [1.54, 1.807) is 4.57 Å². The first-order valence-electron chi connectivity index (χ1n) is 9.83. The summed E-state index contributed by atoms with van der Waals surface area (Å²) in [5, 5.41) is 28.2. The summed E-state index contributed by atoms with van der Waals surface area (Å²) in [4.78, 5) is 0. The molecule has 2 N–H and O–H groups in total. The number of halogens is 1. The van der Waals surface area contributed by atoms with Gasteiger partial charge in [-0.05, 0) is 29.8 Å². The molecule has 0 saturated carbocycles. The average Bonchev–Trinajstić information content (AvgIpc) is 3.04. The number of hydrogen-bond acceptors (Lipinski definition) is 4. The number of nitriles is 1. The van der Waals surface area contributed by atoms with Crippen LogP contribution in [0.4, 0.5) is 4.39 Å². The number of fused-ring (bicyclic) bond motifs is 1. The molecule has 0 fully saturated rings. The van der Waals surface area contributed by atoms with Crippen LogP contribution in [0.15, 0.2) is 72.8 Å². The summed E-state index contributed by atoms with van der Waals surface area (Å²) in [6.45, 7) is 0.584. The van der Waals surface area contributed by atoms with Gasteiger partial charge in [-0.3, -0.25) is 5.41 Å². The van der Waals surface area contributed by atoms with Gasteiger partial charge in [0.25, 0.3) is 0 Å². The predicted molar refractivity (Wildman–Crippen MR) is 114 cm³/mol. The Morgan fingerprint density at radius 3 is 2.39 bits per heavy atom. The lowest BCUT2D eigenvalue weighted by molar-refractivity contribution is 0.0919. The van der Waals surface area contributed by atoms with Crippen molar-refractivity contribution in [1.82, 2.24) is 9.13 Å². The van der Waals surface area contributed by atoms with Crippen molar-refractivity contribution < 1.29 is 14.2 Å². The van der Waals surface area contributed by atoms with Crippen LogP contribution in [0.1, 0.15) is 11.1 Å². The van der Waals surface area contributed by atoms with Crippen molar-refractivity contribution in [1.29, 1.82) is 10.7 Å². The molecule has 0 aliphatic carbocycles. The van der Waals surface area contributed by atoms with E-state index in [1.165, 1.54) is 12.1 Å². The zero-order chi connectivity index (χ0) is 21.8. The second kappa shape index (κ2) is 8.86. The highest BCUT2D eigenvalue weighted by molar-refractivity contribution is 5.76. The van der Waals surface area contributed by atoms with E-state index in [1.807, 2.05) is 65.2 Å². The maximum absolute atomic E-state index is 13.6. The maximum Gasteiger partial charge on any atom is 0.203 e. The number of imidazole rings is 1. The number of aliphatic hydroxyl groups excluding tert-OH is 1. The summed E-state index contributed by atoms with van der Waals surface area (Å²) in [6.07, 6.45) is -0.932. The molecule has 0 spiro atoms. The lowest BCUT2D eigenvalue weighted by Crippen LogP contribution is -2.31. The molecule has 4 rings (SSSR count). The van der Waals surface area contributed by atoms with Crippen LogP contribution in [0.3, 0.4) is 0 Å². The van der Waals surface area contributed by atoms with Crippen molar-refractivity contribution >= 4 is 11.0 Å². The average molecular weight is 416 g/mol. The summed E-state index contributed by atoms with van der Waals surface area (Å²) < 4.78 is 22.7. The van der Waals surface area contributed by atoms with Crippen LogP contribution in [0.5, 0.6) is 5.75 Å². The molecule has 6 nitrogen and oxygen atoms in total. The lowest BCUT2D eigenvalue weighted by atomic mass is 10.2. The van der Waals surface area contributed by atoms with Gasteiger partial charge in [-0.1, -0.05) is 42.5 Å². The minimum atomic E-state index is -0.932. The van der Waals surface area contributed by atoms with Gasteiger partial charge in [0.05, 0.1) is 35.8 Å². The van der Waals surface area contributed by atoms with Crippen molar-refractivity contribution in [2.24, 2.45) is 0 Å². The topological polar surface area (TPSA) is 87.0 Å². The molecule has 1 atom stereocenters. The Hall–Kier alpha value is -3.89. The fourth-order valence-corrected chi connectivity index (χ4v) is 3.57. The minimum absolute atomic E-state index is 0.0983. The molecule has 0 aliphatic heterocycles. The number of ether oxygens (including phenoxy) is 1. The largest absolute Gasteiger partial charge is 0.491 e. The Bertz CT molecular complexity index is 1300. The maximum atomic E-state index is 13.6. The highest BCUT2D eigenvalue weighted by Crippen LogP contribution is 2.18. The lowest BCUT2D eigenvalue weighted by Gasteiger charge is -2.14. The number of nitrogens with one attached hydrogen (secondary N) is 1. The molecule has 4 aromatic rings. The fourth-order valence-electron chi connectivity index (χ4n) is 3.57. The Morgan fingerprint density at radius 1 is 1.00 bits per heavy atom. The van der Waals surface area contributed by atoms with Gasteiger partial charge in [-0.25, -0.2) is 4.39 Å². The Labute approximate surface area is 178 Å². The first-order valence-corrected chi connectivity index (χ1v) is 9.83. The molecule has 1 heterocycles. The van der Waals surface area contributed by atoms with E-state index in [2.05, 4.69) is 0 Å². The summed E-state index contributed by atoms with van der Waals surface area (Å²) in [7, 11) is 0. The first kappa shape index (κ1) is 20.4. The van der Waals surface area contributed by atoms with Crippen LogP contribution in [0.25, 0.3) is 11.0 Å². The molecular formula is C24H21FN4O2. The van der Waals surface area contributed by atoms with Gasteiger partial charge in [0.2, 0.25) is 5.62 Å².